The fraction of sp³-hybridized carbons (Fsp3) is 0.286. The van der Waals surface area contributed by atoms with Crippen LogP contribution in [0.1, 0.15) is 23.2 Å². The molecular weight excluding hydrogens is 212 g/mol. The van der Waals surface area contributed by atoms with Crippen molar-refractivity contribution in [1.29, 1.82) is 5.26 Å². The highest BCUT2D eigenvalue weighted by Gasteiger charge is 2.51. The van der Waals surface area contributed by atoms with Crippen LogP contribution in [-0.4, -0.2) is 10.4 Å². The molecule has 0 N–H and O–H groups in total. The Balaban J connectivity index is 2.19. The summed E-state index contributed by atoms with van der Waals surface area (Å²) >= 11 is 0. The van der Waals surface area contributed by atoms with Crippen LogP contribution in [-0.2, 0) is 7.05 Å². The molecule has 2 aromatic rings. The van der Waals surface area contributed by atoms with Gasteiger partial charge < -0.3 is 4.57 Å². The normalized spacial score (nSPS) is 16.7. The van der Waals surface area contributed by atoms with E-state index >= 15 is 0 Å². The van der Waals surface area contributed by atoms with Gasteiger partial charge in [0.2, 0.25) is 0 Å². The zero-order valence-corrected chi connectivity index (χ0v) is 9.60. The van der Waals surface area contributed by atoms with Gasteiger partial charge in [-0.25, -0.2) is 0 Å². The van der Waals surface area contributed by atoms with Crippen molar-refractivity contribution < 1.29 is 4.79 Å². The van der Waals surface area contributed by atoms with Crippen molar-refractivity contribution >= 4 is 16.7 Å². The van der Waals surface area contributed by atoms with E-state index in [1.807, 2.05) is 42.1 Å². The number of aryl methyl sites for hydroxylation is 1. The Morgan fingerprint density at radius 1 is 1.41 bits per heavy atom. The lowest BCUT2D eigenvalue weighted by Crippen LogP contribution is -2.13. The Hall–Kier alpha value is -2.08. The second-order valence-corrected chi connectivity index (χ2v) is 4.69. The average Bonchev–Trinajstić information content (AvgIpc) is 3.10. The highest BCUT2D eigenvalue weighted by atomic mass is 16.1. The van der Waals surface area contributed by atoms with E-state index in [1.54, 1.807) is 0 Å². The van der Waals surface area contributed by atoms with E-state index in [1.165, 1.54) is 0 Å². The van der Waals surface area contributed by atoms with Crippen LogP contribution < -0.4 is 0 Å². The Morgan fingerprint density at radius 3 is 2.76 bits per heavy atom. The van der Waals surface area contributed by atoms with Crippen LogP contribution in [0.15, 0.2) is 30.5 Å². The predicted molar refractivity (Wildman–Crippen MR) is 64.5 cm³/mol. The van der Waals surface area contributed by atoms with Crippen molar-refractivity contribution in [3.63, 3.8) is 0 Å². The van der Waals surface area contributed by atoms with Crippen LogP contribution in [0.5, 0.6) is 0 Å². The van der Waals surface area contributed by atoms with Crippen molar-refractivity contribution in [2.45, 2.75) is 12.8 Å². The summed E-state index contributed by atoms with van der Waals surface area (Å²) in [6.07, 6.45) is 3.24. The molecule has 1 aromatic heterocycles. The Bertz CT molecular complexity index is 656. The predicted octanol–water partition coefficient (Wildman–Crippen LogP) is 2.66. The lowest BCUT2D eigenvalue weighted by molar-refractivity contribution is 0.0936. The number of rotatable bonds is 2. The summed E-state index contributed by atoms with van der Waals surface area (Å²) in [7, 11) is 1.92. The number of hydrogen-bond donors (Lipinski definition) is 0. The van der Waals surface area contributed by atoms with Gasteiger partial charge in [-0.3, -0.25) is 4.79 Å². The van der Waals surface area contributed by atoms with Crippen molar-refractivity contribution in [3.8, 4) is 6.07 Å². The van der Waals surface area contributed by atoms with Gasteiger partial charge in [-0.1, -0.05) is 18.2 Å². The van der Waals surface area contributed by atoms with E-state index in [0.717, 1.165) is 10.9 Å². The summed E-state index contributed by atoms with van der Waals surface area (Å²) < 4.78 is 1.94. The molecule has 0 aliphatic heterocycles. The van der Waals surface area contributed by atoms with Crippen molar-refractivity contribution in [3.05, 3.63) is 36.0 Å². The number of nitriles is 1. The third-order valence-corrected chi connectivity index (χ3v) is 3.54. The zero-order chi connectivity index (χ0) is 12.0. The fourth-order valence-electron chi connectivity index (χ4n) is 2.30. The molecule has 3 heteroatoms. The van der Waals surface area contributed by atoms with Gasteiger partial charge in [0.25, 0.3) is 0 Å². The Morgan fingerprint density at radius 2 is 2.12 bits per heavy atom. The van der Waals surface area contributed by atoms with Crippen molar-refractivity contribution in [1.82, 2.24) is 4.57 Å². The molecule has 1 fully saturated rings. The molecule has 0 bridgehead atoms. The maximum Gasteiger partial charge on any atom is 0.185 e. The second kappa shape index (κ2) is 3.21. The van der Waals surface area contributed by atoms with Gasteiger partial charge in [0.05, 0.1) is 6.07 Å². The lowest BCUT2D eigenvalue weighted by atomic mass is 9.96. The van der Waals surface area contributed by atoms with E-state index in [0.29, 0.717) is 18.4 Å². The molecule has 3 rings (SSSR count). The van der Waals surface area contributed by atoms with Crippen LogP contribution >= 0.6 is 0 Å². The van der Waals surface area contributed by atoms with Gasteiger partial charge in [0, 0.05) is 29.7 Å². The van der Waals surface area contributed by atoms with Crippen LogP contribution in [0.3, 0.4) is 0 Å². The van der Waals surface area contributed by atoms with Crippen LogP contribution in [0, 0.1) is 16.7 Å². The third-order valence-electron chi connectivity index (χ3n) is 3.54. The van der Waals surface area contributed by atoms with Crippen molar-refractivity contribution in [2.75, 3.05) is 0 Å². The molecule has 84 valence electrons. The average molecular weight is 224 g/mol. The molecule has 1 heterocycles. The first-order valence-electron chi connectivity index (χ1n) is 5.68. The molecule has 1 aliphatic rings. The smallest absolute Gasteiger partial charge is 0.185 e. The first-order chi connectivity index (χ1) is 8.18. The molecule has 3 nitrogen and oxygen atoms in total. The molecule has 1 aliphatic carbocycles. The first-order valence-corrected chi connectivity index (χ1v) is 5.68. The molecule has 0 radical (unpaired) electrons. The number of carbonyl (C=O) groups is 1. The molecule has 1 saturated carbocycles. The SMILES string of the molecule is Cn1cc(C(=O)C2(C#N)CC2)c2ccccc21. The molecule has 17 heavy (non-hydrogen) atoms. The Kier molecular flexibility index (Phi) is 1.90. The van der Waals surface area contributed by atoms with Crippen LogP contribution in [0.4, 0.5) is 0 Å². The minimum absolute atomic E-state index is 0.0169. The number of fused-ring (bicyclic) bond motifs is 1. The zero-order valence-electron chi connectivity index (χ0n) is 9.60. The van der Waals surface area contributed by atoms with E-state index in [2.05, 4.69) is 6.07 Å². The number of carbonyl (C=O) groups excluding carboxylic acids is 1. The van der Waals surface area contributed by atoms with Gasteiger partial charge in [0.1, 0.15) is 5.41 Å². The molecule has 0 amide bonds. The van der Waals surface area contributed by atoms with E-state index in [9.17, 15) is 4.79 Å². The monoisotopic (exact) mass is 224 g/mol. The maximum atomic E-state index is 12.4. The van der Waals surface area contributed by atoms with E-state index in [-0.39, 0.29) is 5.78 Å². The standard InChI is InChI=1S/C14H12N2O/c1-16-8-11(10-4-2-3-5-12(10)16)13(17)14(9-15)6-7-14/h2-5,8H,6-7H2,1H3. The summed E-state index contributed by atoms with van der Waals surface area (Å²) in [6, 6.07) is 9.96. The maximum absolute atomic E-state index is 12.4. The fourth-order valence-corrected chi connectivity index (χ4v) is 2.30. The molecule has 0 unspecified atom stereocenters. The number of benzene rings is 1. The number of ketones is 1. The number of hydrogen-bond acceptors (Lipinski definition) is 2. The molecular formula is C14H12N2O. The number of nitrogens with zero attached hydrogens (tertiary/aromatic N) is 2. The van der Waals surface area contributed by atoms with Crippen LogP contribution in [0.25, 0.3) is 10.9 Å². The van der Waals surface area contributed by atoms with Gasteiger partial charge in [-0.2, -0.15) is 5.26 Å². The summed E-state index contributed by atoms with van der Waals surface area (Å²) in [4.78, 5) is 12.4. The first kappa shape index (κ1) is 10.1. The van der Waals surface area contributed by atoms with Crippen molar-refractivity contribution in [2.24, 2.45) is 12.5 Å². The minimum atomic E-state index is -0.732. The minimum Gasteiger partial charge on any atom is -0.350 e. The number of Topliss-reactive ketones (excluding diaryl/α,β-unsaturated/α-hetero) is 1. The van der Waals surface area contributed by atoms with Gasteiger partial charge in [-0.15, -0.1) is 0 Å². The number of aromatic nitrogens is 1. The molecule has 0 saturated heterocycles. The summed E-state index contributed by atoms with van der Waals surface area (Å²) in [5.74, 6) is -0.0169. The largest absolute Gasteiger partial charge is 0.350 e. The van der Waals surface area contributed by atoms with E-state index < -0.39 is 5.41 Å². The van der Waals surface area contributed by atoms with Gasteiger partial charge in [0.15, 0.2) is 5.78 Å². The summed E-state index contributed by atoms with van der Waals surface area (Å²) in [5.41, 5.74) is 0.983. The Labute approximate surface area is 99.3 Å². The highest BCUT2D eigenvalue weighted by Crippen LogP contribution is 2.48. The van der Waals surface area contributed by atoms with Gasteiger partial charge >= 0.3 is 0 Å². The highest BCUT2D eigenvalue weighted by molar-refractivity contribution is 6.12. The second-order valence-electron chi connectivity index (χ2n) is 4.69. The quantitative estimate of drug-likeness (QED) is 0.736. The van der Waals surface area contributed by atoms with Gasteiger partial charge in [-0.05, 0) is 18.9 Å². The topological polar surface area (TPSA) is 45.8 Å². The van der Waals surface area contributed by atoms with Crippen LogP contribution in [0.2, 0.25) is 0 Å². The molecule has 0 atom stereocenters. The lowest BCUT2D eigenvalue weighted by Gasteiger charge is -2.02. The molecule has 1 aromatic carbocycles. The third kappa shape index (κ3) is 1.31. The van der Waals surface area contributed by atoms with E-state index in [4.69, 9.17) is 5.26 Å². The molecule has 0 spiro atoms. The number of para-hydroxylation sites is 1. The summed E-state index contributed by atoms with van der Waals surface area (Å²) in [5, 5.41) is 10.0. The summed E-state index contributed by atoms with van der Waals surface area (Å²) in [6.45, 7) is 0.